The second-order valence-corrected chi connectivity index (χ2v) is 8.82. The zero-order chi connectivity index (χ0) is 22.3. The Hall–Kier alpha value is -3.12. The molecule has 0 heterocycles. The van der Waals surface area contributed by atoms with Crippen molar-refractivity contribution in [1.82, 2.24) is 5.43 Å². The average Bonchev–Trinajstić information content (AvgIpc) is 2.73. The summed E-state index contributed by atoms with van der Waals surface area (Å²) in [6.07, 6.45) is 1.56. The fourth-order valence-corrected chi connectivity index (χ4v) is 3.21. The number of hydrogen-bond acceptors (Lipinski definition) is 4. The maximum atomic E-state index is 12.1. The molecular weight excluding hydrogens is 456 g/mol. The zero-order valence-corrected chi connectivity index (χ0v) is 19.3. The molecule has 1 amide bonds. The predicted octanol–water partition coefficient (Wildman–Crippen LogP) is 6.07. The van der Waals surface area contributed by atoms with Gasteiger partial charge in [-0.3, -0.25) is 4.79 Å². The summed E-state index contributed by atoms with van der Waals surface area (Å²) >= 11 is 3.51. The Morgan fingerprint density at radius 3 is 2.45 bits per heavy atom. The lowest BCUT2D eigenvalue weighted by Crippen LogP contribution is -2.24. The number of hydrogen-bond donors (Lipinski definition) is 1. The molecule has 0 spiro atoms. The van der Waals surface area contributed by atoms with Crippen molar-refractivity contribution in [3.63, 3.8) is 0 Å². The fourth-order valence-electron chi connectivity index (χ4n) is 2.72. The summed E-state index contributed by atoms with van der Waals surface area (Å²) in [6.45, 7) is 6.29. The van der Waals surface area contributed by atoms with Gasteiger partial charge < -0.3 is 9.47 Å². The minimum Gasteiger partial charge on any atom is -0.483 e. The van der Waals surface area contributed by atoms with Crippen LogP contribution in [0.25, 0.3) is 0 Å². The Morgan fingerprint density at radius 2 is 1.74 bits per heavy atom. The summed E-state index contributed by atoms with van der Waals surface area (Å²) in [7, 11) is 0. The number of benzene rings is 3. The first kappa shape index (κ1) is 22.6. The monoisotopic (exact) mass is 480 g/mol. The zero-order valence-electron chi connectivity index (χ0n) is 17.8. The summed E-state index contributed by atoms with van der Waals surface area (Å²) in [5, 5.41) is 4.00. The number of rotatable bonds is 7. The van der Waals surface area contributed by atoms with E-state index in [1.165, 1.54) is 5.56 Å². The third-order valence-electron chi connectivity index (χ3n) is 4.40. The van der Waals surface area contributed by atoms with Gasteiger partial charge in [-0.2, -0.15) is 5.10 Å². The molecule has 0 saturated carbocycles. The van der Waals surface area contributed by atoms with Crippen LogP contribution in [0.5, 0.6) is 17.2 Å². The number of carbonyl (C=O) groups excluding carboxylic acids is 1. The van der Waals surface area contributed by atoms with Crippen LogP contribution in [-0.4, -0.2) is 18.7 Å². The van der Waals surface area contributed by atoms with Gasteiger partial charge in [0.25, 0.3) is 5.91 Å². The van der Waals surface area contributed by atoms with E-state index >= 15 is 0 Å². The highest BCUT2D eigenvalue weighted by atomic mass is 79.9. The van der Waals surface area contributed by atoms with Crippen LogP contribution in [0, 0.1) is 0 Å². The van der Waals surface area contributed by atoms with E-state index in [0.29, 0.717) is 11.5 Å². The molecule has 3 aromatic rings. The fraction of sp³-hybridized carbons (Fsp3) is 0.200. The Balaban J connectivity index is 1.51. The molecule has 0 aliphatic carbocycles. The first-order valence-electron chi connectivity index (χ1n) is 9.89. The van der Waals surface area contributed by atoms with Crippen LogP contribution in [0.4, 0.5) is 0 Å². The molecule has 0 aromatic heterocycles. The largest absolute Gasteiger partial charge is 0.483 e. The van der Waals surface area contributed by atoms with Gasteiger partial charge in [-0.1, -0.05) is 57.2 Å². The number of ether oxygens (including phenoxy) is 2. The van der Waals surface area contributed by atoms with Crippen molar-refractivity contribution in [2.24, 2.45) is 5.10 Å². The minimum absolute atomic E-state index is 0.0383. The van der Waals surface area contributed by atoms with Crippen molar-refractivity contribution in [3.05, 3.63) is 88.4 Å². The Morgan fingerprint density at radius 1 is 1.00 bits per heavy atom. The number of nitrogens with zero attached hydrogens (tertiary/aromatic N) is 1. The van der Waals surface area contributed by atoms with E-state index in [1.54, 1.807) is 6.21 Å². The molecule has 0 bridgehead atoms. The molecule has 0 aliphatic rings. The molecule has 0 radical (unpaired) electrons. The number of carbonyl (C=O) groups is 1. The summed E-state index contributed by atoms with van der Waals surface area (Å²) in [5.74, 6) is 1.70. The van der Waals surface area contributed by atoms with E-state index < -0.39 is 0 Å². The second-order valence-electron chi connectivity index (χ2n) is 7.96. The quantitative estimate of drug-likeness (QED) is 0.329. The van der Waals surface area contributed by atoms with Gasteiger partial charge in [-0.25, -0.2) is 5.43 Å². The highest BCUT2D eigenvalue weighted by molar-refractivity contribution is 9.10. The molecule has 160 valence electrons. The minimum atomic E-state index is -0.347. The van der Waals surface area contributed by atoms with Gasteiger partial charge in [0.2, 0.25) is 0 Å². The smallest absolute Gasteiger partial charge is 0.277 e. The van der Waals surface area contributed by atoms with E-state index in [1.807, 2.05) is 72.8 Å². The number of nitrogens with one attached hydrogen (secondary N) is 1. The Labute approximate surface area is 191 Å². The van der Waals surface area contributed by atoms with Gasteiger partial charge in [0, 0.05) is 0 Å². The molecule has 0 atom stereocenters. The third kappa shape index (κ3) is 6.96. The SMILES string of the molecule is CC(C)(C)c1ccc(OCC(=O)NN=Cc2cccc(Oc3ccccc3)c2)c(Br)c1. The lowest BCUT2D eigenvalue weighted by molar-refractivity contribution is -0.123. The topological polar surface area (TPSA) is 59.9 Å². The average molecular weight is 481 g/mol. The van der Waals surface area contributed by atoms with E-state index in [-0.39, 0.29) is 17.9 Å². The van der Waals surface area contributed by atoms with Gasteiger partial charge in [0.1, 0.15) is 17.2 Å². The number of hydrazone groups is 1. The molecule has 0 saturated heterocycles. The van der Waals surface area contributed by atoms with Crippen molar-refractivity contribution in [3.8, 4) is 17.2 Å². The Kier molecular flexibility index (Phi) is 7.47. The van der Waals surface area contributed by atoms with Crippen LogP contribution >= 0.6 is 15.9 Å². The number of halogens is 1. The van der Waals surface area contributed by atoms with Gasteiger partial charge >= 0.3 is 0 Å². The maximum Gasteiger partial charge on any atom is 0.277 e. The van der Waals surface area contributed by atoms with Gasteiger partial charge in [-0.15, -0.1) is 0 Å². The third-order valence-corrected chi connectivity index (χ3v) is 5.02. The molecule has 0 fully saturated rings. The van der Waals surface area contributed by atoms with Crippen LogP contribution in [0.1, 0.15) is 31.9 Å². The lowest BCUT2D eigenvalue weighted by Gasteiger charge is -2.20. The van der Waals surface area contributed by atoms with Crippen LogP contribution < -0.4 is 14.9 Å². The number of amides is 1. The van der Waals surface area contributed by atoms with Crippen molar-refractivity contribution in [1.29, 1.82) is 0 Å². The summed E-state index contributed by atoms with van der Waals surface area (Å²) in [6, 6.07) is 22.8. The van der Waals surface area contributed by atoms with Crippen LogP contribution in [-0.2, 0) is 10.2 Å². The standard InChI is InChI=1S/C25H25BrN2O3/c1-25(2,3)19-12-13-23(22(26)15-19)30-17-24(29)28-27-16-18-8-7-11-21(14-18)31-20-9-5-4-6-10-20/h4-16H,17H2,1-3H3,(H,28,29). The highest BCUT2D eigenvalue weighted by Crippen LogP contribution is 2.31. The van der Waals surface area contributed by atoms with Crippen molar-refractivity contribution in [2.75, 3.05) is 6.61 Å². The Bertz CT molecular complexity index is 1060. The van der Waals surface area contributed by atoms with E-state index in [2.05, 4.69) is 47.2 Å². The van der Waals surface area contributed by atoms with Crippen molar-refractivity contribution in [2.45, 2.75) is 26.2 Å². The van der Waals surface area contributed by atoms with E-state index in [4.69, 9.17) is 9.47 Å². The van der Waals surface area contributed by atoms with Gasteiger partial charge in [0.05, 0.1) is 10.7 Å². The van der Waals surface area contributed by atoms with Crippen LogP contribution in [0.3, 0.4) is 0 Å². The van der Waals surface area contributed by atoms with E-state index in [0.717, 1.165) is 15.8 Å². The van der Waals surface area contributed by atoms with Crippen molar-refractivity contribution < 1.29 is 14.3 Å². The summed E-state index contributed by atoms with van der Waals surface area (Å²) in [5.41, 5.74) is 4.49. The lowest BCUT2D eigenvalue weighted by atomic mass is 9.87. The normalized spacial score (nSPS) is 11.4. The molecule has 31 heavy (non-hydrogen) atoms. The summed E-state index contributed by atoms with van der Waals surface area (Å²) < 4.78 is 12.2. The van der Waals surface area contributed by atoms with Crippen LogP contribution in [0.15, 0.2) is 82.4 Å². The maximum absolute atomic E-state index is 12.1. The van der Waals surface area contributed by atoms with Crippen LogP contribution in [0.2, 0.25) is 0 Å². The molecule has 6 heteroatoms. The molecule has 3 rings (SSSR count). The first-order chi connectivity index (χ1) is 14.8. The molecule has 0 unspecified atom stereocenters. The van der Waals surface area contributed by atoms with E-state index in [9.17, 15) is 4.79 Å². The molecule has 0 aliphatic heterocycles. The highest BCUT2D eigenvalue weighted by Gasteiger charge is 2.15. The summed E-state index contributed by atoms with van der Waals surface area (Å²) in [4.78, 5) is 12.1. The molecule has 3 aromatic carbocycles. The molecular formula is C25H25BrN2O3. The van der Waals surface area contributed by atoms with Gasteiger partial charge in [-0.05, 0) is 68.9 Å². The molecule has 5 nitrogen and oxygen atoms in total. The molecule has 1 N–H and O–H groups in total. The predicted molar refractivity (Wildman–Crippen MR) is 127 cm³/mol. The second kappa shape index (κ2) is 10.3. The van der Waals surface area contributed by atoms with Crippen molar-refractivity contribution >= 4 is 28.1 Å². The first-order valence-corrected chi connectivity index (χ1v) is 10.7. The number of para-hydroxylation sites is 1. The van der Waals surface area contributed by atoms with Gasteiger partial charge in [0.15, 0.2) is 6.61 Å².